The Balaban J connectivity index is 1.61. The Bertz CT molecular complexity index is 947. The van der Waals surface area contributed by atoms with Crippen LogP contribution in [0, 0.1) is 6.92 Å². The molecule has 0 unspecified atom stereocenters. The summed E-state index contributed by atoms with van der Waals surface area (Å²) in [5.74, 6) is 0. The van der Waals surface area contributed by atoms with Crippen molar-refractivity contribution in [2.45, 2.75) is 48.8 Å². The second-order valence-corrected chi connectivity index (χ2v) is 8.85. The van der Waals surface area contributed by atoms with Crippen molar-refractivity contribution in [2.75, 3.05) is 13.7 Å². The van der Waals surface area contributed by atoms with Crippen molar-refractivity contribution in [1.29, 1.82) is 0 Å². The molecule has 0 radical (unpaired) electrons. The van der Waals surface area contributed by atoms with Crippen LogP contribution in [0.4, 0.5) is 0 Å². The van der Waals surface area contributed by atoms with E-state index in [2.05, 4.69) is 0 Å². The minimum Gasteiger partial charge on any atom is -0.385 e. The number of ether oxygens (including phenoxy) is 4. The van der Waals surface area contributed by atoms with E-state index < -0.39 is 47.1 Å². The fourth-order valence-electron chi connectivity index (χ4n) is 3.55. The maximum atomic E-state index is 12.9. The van der Waals surface area contributed by atoms with Crippen molar-refractivity contribution in [3.63, 3.8) is 0 Å². The van der Waals surface area contributed by atoms with Gasteiger partial charge in [0.05, 0.1) is 11.5 Å². The maximum Gasteiger partial charge on any atom is 0.297 e. The molecule has 2 aliphatic rings. The summed E-state index contributed by atoms with van der Waals surface area (Å²) in [6.07, 6.45) is -6.00. The van der Waals surface area contributed by atoms with Crippen LogP contribution < -0.4 is 0 Å². The highest BCUT2D eigenvalue weighted by atomic mass is 32.2. The summed E-state index contributed by atoms with van der Waals surface area (Å²) < 4.78 is 53.9. The van der Waals surface area contributed by atoms with Gasteiger partial charge in [0.1, 0.15) is 24.4 Å². The first-order valence-corrected chi connectivity index (χ1v) is 11.0. The van der Waals surface area contributed by atoms with Gasteiger partial charge in [0.2, 0.25) is 0 Å². The molecule has 0 aliphatic carbocycles. The highest BCUT2D eigenvalue weighted by Gasteiger charge is 2.52. The smallest absolute Gasteiger partial charge is 0.297 e. The van der Waals surface area contributed by atoms with Gasteiger partial charge in [-0.25, -0.2) is 0 Å². The molecule has 0 bridgehead atoms. The minimum absolute atomic E-state index is 0.0102. The predicted octanol–water partition coefficient (Wildman–Crippen LogP) is 1.92. The highest BCUT2D eigenvalue weighted by Crippen LogP contribution is 2.36. The number of aliphatic hydroxyl groups excluding tert-OH is 1. The monoisotopic (exact) mass is 436 g/mol. The number of fused-ring (bicyclic) bond motifs is 1. The first-order chi connectivity index (χ1) is 14.4. The Morgan fingerprint density at radius 3 is 2.40 bits per heavy atom. The molecule has 0 spiro atoms. The second-order valence-electron chi connectivity index (χ2n) is 7.27. The van der Waals surface area contributed by atoms with E-state index in [-0.39, 0.29) is 11.5 Å². The van der Waals surface area contributed by atoms with Crippen LogP contribution in [0.2, 0.25) is 0 Å². The van der Waals surface area contributed by atoms with Gasteiger partial charge in [-0.15, -0.1) is 0 Å². The van der Waals surface area contributed by atoms with Crippen LogP contribution in [0.5, 0.6) is 0 Å². The third-order valence-corrected chi connectivity index (χ3v) is 6.48. The Kier molecular flexibility index (Phi) is 6.21. The zero-order chi connectivity index (χ0) is 21.3. The summed E-state index contributed by atoms with van der Waals surface area (Å²) in [5, 5.41) is 10.7. The molecule has 0 saturated carbocycles. The number of methoxy groups -OCH3 is 1. The topological polar surface area (TPSA) is 101 Å². The molecule has 162 valence electrons. The molecule has 2 aromatic rings. The van der Waals surface area contributed by atoms with Gasteiger partial charge in [-0.1, -0.05) is 48.0 Å². The zero-order valence-electron chi connectivity index (χ0n) is 16.6. The fraction of sp³-hybridized carbons (Fsp3) is 0.429. The van der Waals surface area contributed by atoms with Crippen molar-refractivity contribution in [1.82, 2.24) is 0 Å². The number of rotatable bonds is 5. The van der Waals surface area contributed by atoms with Gasteiger partial charge >= 0.3 is 0 Å². The summed E-state index contributed by atoms with van der Waals surface area (Å²) in [6.45, 7) is 1.98. The van der Waals surface area contributed by atoms with Crippen molar-refractivity contribution in [2.24, 2.45) is 0 Å². The van der Waals surface area contributed by atoms with E-state index in [0.717, 1.165) is 11.1 Å². The molecule has 6 atom stereocenters. The number of hydrogen-bond donors (Lipinski definition) is 1. The van der Waals surface area contributed by atoms with Gasteiger partial charge in [0.15, 0.2) is 12.6 Å². The number of benzene rings is 2. The quantitative estimate of drug-likeness (QED) is 0.710. The van der Waals surface area contributed by atoms with Crippen LogP contribution in [0.25, 0.3) is 0 Å². The van der Waals surface area contributed by atoms with Gasteiger partial charge in [-0.05, 0) is 19.1 Å². The van der Waals surface area contributed by atoms with E-state index in [1.165, 1.54) is 19.2 Å². The molecule has 8 nitrogen and oxygen atoms in total. The van der Waals surface area contributed by atoms with Crippen molar-refractivity contribution in [3.05, 3.63) is 65.7 Å². The lowest BCUT2D eigenvalue weighted by Crippen LogP contribution is -2.63. The van der Waals surface area contributed by atoms with Crippen molar-refractivity contribution in [3.8, 4) is 0 Å². The third kappa shape index (κ3) is 4.28. The molecule has 2 aromatic carbocycles. The van der Waals surface area contributed by atoms with Gasteiger partial charge < -0.3 is 24.1 Å². The lowest BCUT2D eigenvalue weighted by atomic mass is 9.98. The number of aryl methyl sites for hydroxylation is 1. The molecule has 2 heterocycles. The van der Waals surface area contributed by atoms with Crippen LogP contribution in [0.3, 0.4) is 0 Å². The van der Waals surface area contributed by atoms with Gasteiger partial charge in [0, 0.05) is 12.7 Å². The van der Waals surface area contributed by atoms with Gasteiger partial charge in [-0.2, -0.15) is 8.42 Å². The molecular weight excluding hydrogens is 412 g/mol. The fourth-order valence-corrected chi connectivity index (χ4v) is 4.65. The van der Waals surface area contributed by atoms with Gasteiger partial charge in [0.25, 0.3) is 10.1 Å². The Morgan fingerprint density at radius 2 is 1.73 bits per heavy atom. The maximum absolute atomic E-state index is 12.9. The standard InChI is InChI=1S/C21H24O8S/c1-13-8-10-15(11-9-13)30(23,24)29-19-17(22)21(25-2)27-16-12-26-20(28-18(16)19)14-6-4-3-5-7-14/h3-11,16-22H,12H2,1-2H3/t16-,17-,18+,19-,20-,21-/m1/s1. The van der Waals surface area contributed by atoms with E-state index in [0.29, 0.717) is 0 Å². The minimum atomic E-state index is -4.17. The lowest BCUT2D eigenvalue weighted by molar-refractivity contribution is -0.354. The summed E-state index contributed by atoms with van der Waals surface area (Å²) in [6, 6.07) is 15.5. The average Bonchev–Trinajstić information content (AvgIpc) is 2.76. The van der Waals surface area contributed by atoms with Crippen LogP contribution >= 0.6 is 0 Å². The number of hydrogen-bond acceptors (Lipinski definition) is 8. The summed E-state index contributed by atoms with van der Waals surface area (Å²) in [7, 11) is -2.81. The van der Waals surface area contributed by atoms with Crippen molar-refractivity contribution < 1.29 is 36.7 Å². The molecule has 0 aromatic heterocycles. The molecule has 1 N–H and O–H groups in total. The van der Waals surface area contributed by atoms with E-state index in [1.807, 2.05) is 37.3 Å². The molecule has 30 heavy (non-hydrogen) atoms. The van der Waals surface area contributed by atoms with E-state index in [1.54, 1.807) is 12.1 Å². The molecule has 0 amide bonds. The summed E-state index contributed by atoms with van der Waals surface area (Å²) in [4.78, 5) is -0.0102. The lowest BCUT2D eigenvalue weighted by Gasteiger charge is -2.46. The summed E-state index contributed by atoms with van der Waals surface area (Å²) in [5.41, 5.74) is 1.68. The number of aliphatic hydroxyl groups is 1. The first kappa shape index (κ1) is 21.4. The average molecular weight is 436 g/mol. The first-order valence-electron chi connectivity index (χ1n) is 9.57. The largest absolute Gasteiger partial charge is 0.385 e. The van der Waals surface area contributed by atoms with Crippen LogP contribution in [-0.2, 0) is 33.2 Å². The van der Waals surface area contributed by atoms with Crippen LogP contribution in [0.1, 0.15) is 17.4 Å². The third-order valence-electron chi connectivity index (χ3n) is 5.16. The zero-order valence-corrected chi connectivity index (χ0v) is 17.4. The second kappa shape index (κ2) is 8.72. The molecule has 2 fully saturated rings. The molecule has 4 rings (SSSR count). The molecule has 9 heteroatoms. The summed E-state index contributed by atoms with van der Waals surface area (Å²) >= 11 is 0. The normalized spacial score (nSPS) is 31.8. The van der Waals surface area contributed by atoms with E-state index in [4.69, 9.17) is 23.1 Å². The Hall–Kier alpha value is -1.85. The van der Waals surface area contributed by atoms with Gasteiger partial charge in [-0.3, -0.25) is 4.18 Å². The Morgan fingerprint density at radius 1 is 1.03 bits per heavy atom. The predicted molar refractivity (Wildman–Crippen MR) is 105 cm³/mol. The Labute approximate surface area is 175 Å². The van der Waals surface area contributed by atoms with E-state index in [9.17, 15) is 13.5 Å². The van der Waals surface area contributed by atoms with Crippen molar-refractivity contribution >= 4 is 10.1 Å². The highest BCUT2D eigenvalue weighted by molar-refractivity contribution is 7.86. The van der Waals surface area contributed by atoms with Crippen LogP contribution in [0.15, 0.2) is 59.5 Å². The molecular formula is C21H24O8S. The van der Waals surface area contributed by atoms with E-state index >= 15 is 0 Å². The SMILES string of the molecule is CO[C@@H]1O[C@@H]2CO[C@@H](c3ccccc3)O[C@@H]2[C@H](OS(=O)(=O)c2ccc(C)cc2)[C@H]1O. The van der Waals surface area contributed by atoms with Crippen LogP contribution in [-0.4, -0.2) is 57.9 Å². The molecule has 2 aliphatic heterocycles. The molecule has 2 saturated heterocycles.